The number of fused-ring (bicyclic) bond motifs is 2. The first-order chi connectivity index (χ1) is 11.1. The Kier molecular flexibility index (Phi) is 6.35. The fourth-order valence-electron chi connectivity index (χ4n) is 3.72. The number of piperidine rings is 1. The van der Waals surface area contributed by atoms with Crippen molar-refractivity contribution >= 4 is 18.3 Å². The summed E-state index contributed by atoms with van der Waals surface area (Å²) >= 11 is 0. The lowest BCUT2D eigenvalue weighted by molar-refractivity contribution is -0.139. The standard InChI is InChI=1S/C18H26N2O3.ClH/c1-12(23-17-8-6-16(22-3)7-9-17)18(21)20(2)15-10-13-4-5-14(11-15)19-13;/h6-9,12-15,19H,4-5,10-11H2,1-3H3;1H. The Hall–Kier alpha value is -1.46. The number of rotatable bonds is 5. The van der Waals surface area contributed by atoms with Gasteiger partial charge >= 0.3 is 0 Å². The number of amides is 1. The first kappa shape index (κ1) is 18.9. The van der Waals surface area contributed by atoms with E-state index in [4.69, 9.17) is 9.47 Å². The van der Waals surface area contributed by atoms with Crippen molar-refractivity contribution < 1.29 is 14.3 Å². The Bertz CT molecular complexity index is 540. The van der Waals surface area contributed by atoms with Crippen LogP contribution in [0.5, 0.6) is 11.5 Å². The van der Waals surface area contributed by atoms with Crippen LogP contribution in [0.3, 0.4) is 0 Å². The molecule has 5 nitrogen and oxygen atoms in total. The molecule has 134 valence electrons. The van der Waals surface area contributed by atoms with E-state index in [1.165, 1.54) is 12.8 Å². The zero-order valence-corrected chi connectivity index (χ0v) is 15.3. The summed E-state index contributed by atoms with van der Waals surface area (Å²) in [6.07, 6.45) is 4.09. The third-order valence-corrected chi connectivity index (χ3v) is 5.06. The first-order valence-electron chi connectivity index (χ1n) is 8.40. The van der Waals surface area contributed by atoms with Gasteiger partial charge in [0, 0.05) is 25.2 Å². The lowest BCUT2D eigenvalue weighted by Crippen LogP contribution is -2.51. The minimum absolute atomic E-state index is 0. The second kappa shape index (κ2) is 8.08. The van der Waals surface area contributed by atoms with Crippen molar-refractivity contribution in [2.24, 2.45) is 0 Å². The summed E-state index contributed by atoms with van der Waals surface area (Å²) in [5, 5.41) is 3.61. The molecule has 2 heterocycles. The normalized spacial score (nSPS) is 26.2. The van der Waals surface area contributed by atoms with Crippen LogP contribution in [0, 0.1) is 0 Å². The SMILES string of the molecule is COc1ccc(OC(C)C(=O)N(C)C2CC3CCC(C2)N3)cc1.Cl. The van der Waals surface area contributed by atoms with Crippen LogP contribution < -0.4 is 14.8 Å². The highest BCUT2D eigenvalue weighted by Gasteiger charge is 2.37. The van der Waals surface area contributed by atoms with Crippen LogP contribution in [0.2, 0.25) is 0 Å². The highest BCUT2D eigenvalue weighted by Crippen LogP contribution is 2.29. The number of hydrogen-bond acceptors (Lipinski definition) is 4. The number of halogens is 1. The van der Waals surface area contributed by atoms with Gasteiger partial charge in [-0.25, -0.2) is 0 Å². The van der Waals surface area contributed by atoms with Crippen molar-refractivity contribution in [1.29, 1.82) is 0 Å². The molecule has 1 amide bonds. The summed E-state index contributed by atoms with van der Waals surface area (Å²) in [5.74, 6) is 1.51. The molecule has 3 rings (SSSR count). The molecule has 3 atom stereocenters. The van der Waals surface area contributed by atoms with Crippen LogP contribution in [0.15, 0.2) is 24.3 Å². The van der Waals surface area contributed by atoms with Crippen LogP contribution >= 0.6 is 12.4 Å². The van der Waals surface area contributed by atoms with Gasteiger partial charge in [0.25, 0.3) is 5.91 Å². The number of hydrogen-bond donors (Lipinski definition) is 1. The highest BCUT2D eigenvalue weighted by atomic mass is 35.5. The lowest BCUT2D eigenvalue weighted by Gasteiger charge is -2.36. The molecule has 0 aliphatic carbocycles. The molecule has 0 radical (unpaired) electrons. The Morgan fingerprint density at radius 2 is 1.71 bits per heavy atom. The van der Waals surface area contributed by atoms with Crippen LogP contribution in [0.4, 0.5) is 0 Å². The number of carbonyl (C=O) groups excluding carboxylic acids is 1. The molecule has 6 heteroatoms. The quantitative estimate of drug-likeness (QED) is 0.883. The number of nitrogens with one attached hydrogen (secondary N) is 1. The number of carbonyl (C=O) groups is 1. The van der Waals surface area contributed by atoms with Crippen molar-refractivity contribution in [3.05, 3.63) is 24.3 Å². The van der Waals surface area contributed by atoms with Gasteiger partial charge in [0.1, 0.15) is 11.5 Å². The van der Waals surface area contributed by atoms with Gasteiger partial charge < -0.3 is 19.7 Å². The molecule has 0 spiro atoms. The zero-order valence-electron chi connectivity index (χ0n) is 14.5. The Morgan fingerprint density at radius 3 is 2.25 bits per heavy atom. The smallest absolute Gasteiger partial charge is 0.263 e. The average molecular weight is 355 g/mol. The highest BCUT2D eigenvalue weighted by molar-refractivity contribution is 5.85. The number of ether oxygens (including phenoxy) is 2. The lowest BCUT2D eigenvalue weighted by atomic mass is 9.98. The van der Waals surface area contributed by atoms with Gasteiger partial charge in [-0.2, -0.15) is 0 Å². The predicted molar refractivity (Wildman–Crippen MR) is 96.1 cm³/mol. The van der Waals surface area contributed by atoms with Crippen molar-refractivity contribution in [3.63, 3.8) is 0 Å². The maximum absolute atomic E-state index is 12.7. The van der Waals surface area contributed by atoms with Crippen LogP contribution in [-0.2, 0) is 4.79 Å². The average Bonchev–Trinajstić information content (AvgIpc) is 2.92. The number of likely N-dealkylation sites (N-methyl/N-ethyl adjacent to an activating group) is 1. The van der Waals surface area contributed by atoms with E-state index in [9.17, 15) is 4.79 Å². The second-order valence-electron chi connectivity index (χ2n) is 6.65. The van der Waals surface area contributed by atoms with E-state index < -0.39 is 6.10 Å². The van der Waals surface area contributed by atoms with Gasteiger partial charge in [-0.15, -0.1) is 12.4 Å². The third-order valence-electron chi connectivity index (χ3n) is 5.06. The van der Waals surface area contributed by atoms with Gasteiger partial charge in [0.2, 0.25) is 0 Å². The van der Waals surface area contributed by atoms with Crippen LogP contribution in [0.25, 0.3) is 0 Å². The van der Waals surface area contributed by atoms with Crippen LogP contribution in [0.1, 0.15) is 32.6 Å². The topological polar surface area (TPSA) is 50.8 Å². The van der Waals surface area contributed by atoms with E-state index in [2.05, 4.69) is 5.32 Å². The maximum atomic E-state index is 12.7. The molecule has 2 fully saturated rings. The minimum Gasteiger partial charge on any atom is -0.497 e. The molecule has 2 aliphatic rings. The Morgan fingerprint density at radius 1 is 1.17 bits per heavy atom. The van der Waals surface area contributed by atoms with Gasteiger partial charge in [0.15, 0.2) is 6.10 Å². The molecule has 24 heavy (non-hydrogen) atoms. The molecule has 1 N–H and O–H groups in total. The summed E-state index contributed by atoms with van der Waals surface area (Å²) in [6.45, 7) is 1.82. The van der Waals surface area contributed by atoms with E-state index in [0.717, 1.165) is 18.6 Å². The largest absolute Gasteiger partial charge is 0.497 e. The minimum atomic E-state index is -0.485. The van der Waals surface area contributed by atoms with Crippen molar-refractivity contribution in [1.82, 2.24) is 10.2 Å². The molecule has 3 unspecified atom stereocenters. The molecule has 2 saturated heterocycles. The second-order valence-corrected chi connectivity index (χ2v) is 6.65. The molecule has 2 aliphatic heterocycles. The number of methoxy groups -OCH3 is 1. The number of benzene rings is 1. The molecular weight excluding hydrogens is 328 g/mol. The van der Waals surface area contributed by atoms with Crippen molar-refractivity contribution in [2.75, 3.05) is 14.2 Å². The molecule has 0 aromatic heterocycles. The molecular formula is C18H27ClN2O3. The molecule has 1 aromatic rings. The zero-order chi connectivity index (χ0) is 16.4. The first-order valence-corrected chi connectivity index (χ1v) is 8.40. The molecule has 2 bridgehead atoms. The van der Waals surface area contributed by atoms with Gasteiger partial charge in [-0.3, -0.25) is 4.79 Å². The molecule has 1 aromatic carbocycles. The van der Waals surface area contributed by atoms with E-state index >= 15 is 0 Å². The van der Waals surface area contributed by atoms with Crippen molar-refractivity contribution in [3.8, 4) is 11.5 Å². The van der Waals surface area contributed by atoms with Crippen molar-refractivity contribution in [2.45, 2.75) is 56.8 Å². The van der Waals surface area contributed by atoms with E-state index in [-0.39, 0.29) is 18.3 Å². The summed E-state index contributed by atoms with van der Waals surface area (Å²) < 4.78 is 10.9. The Labute approximate surface area is 150 Å². The Balaban J connectivity index is 0.00000208. The summed E-state index contributed by atoms with van der Waals surface area (Å²) in [6, 6.07) is 8.80. The van der Waals surface area contributed by atoms with E-state index in [1.54, 1.807) is 7.11 Å². The fourth-order valence-corrected chi connectivity index (χ4v) is 3.72. The monoisotopic (exact) mass is 354 g/mol. The number of nitrogens with zero attached hydrogens (tertiary/aromatic N) is 1. The summed E-state index contributed by atoms with van der Waals surface area (Å²) in [5.41, 5.74) is 0. The fraction of sp³-hybridized carbons (Fsp3) is 0.611. The van der Waals surface area contributed by atoms with Gasteiger partial charge in [-0.05, 0) is 56.9 Å². The summed E-state index contributed by atoms with van der Waals surface area (Å²) in [7, 11) is 3.54. The summed E-state index contributed by atoms with van der Waals surface area (Å²) in [4.78, 5) is 14.5. The molecule has 0 saturated carbocycles. The van der Waals surface area contributed by atoms with E-state index in [1.807, 2.05) is 43.1 Å². The van der Waals surface area contributed by atoms with E-state index in [0.29, 0.717) is 23.9 Å². The predicted octanol–water partition coefficient (Wildman–Crippen LogP) is 2.63. The van der Waals surface area contributed by atoms with Gasteiger partial charge in [0.05, 0.1) is 7.11 Å². The van der Waals surface area contributed by atoms with Gasteiger partial charge in [-0.1, -0.05) is 0 Å². The maximum Gasteiger partial charge on any atom is 0.263 e. The van der Waals surface area contributed by atoms with Crippen LogP contribution in [-0.4, -0.2) is 49.2 Å². The third kappa shape index (κ3) is 4.14.